The average molecular weight is 480 g/mol. The van der Waals surface area contributed by atoms with Crippen molar-refractivity contribution in [1.82, 2.24) is 9.62 Å². The smallest absolute Gasteiger partial charge is 0.281 e. The number of piperidine rings is 1. The Kier molecular flexibility index (Phi) is 6.07. The quantitative estimate of drug-likeness (QED) is 0.665. The van der Waals surface area contributed by atoms with Gasteiger partial charge in [-0.05, 0) is 61.4 Å². The zero-order valence-electron chi connectivity index (χ0n) is 16.3. The van der Waals surface area contributed by atoms with E-state index in [9.17, 15) is 18.0 Å². The van der Waals surface area contributed by atoms with Gasteiger partial charge < -0.3 is 5.32 Å². The molecule has 0 radical (unpaired) electrons. The molecule has 2 aliphatic rings. The van der Waals surface area contributed by atoms with E-state index in [0.717, 1.165) is 4.90 Å². The van der Waals surface area contributed by atoms with Crippen molar-refractivity contribution in [3.05, 3.63) is 70.3 Å². The van der Waals surface area contributed by atoms with Crippen molar-refractivity contribution >= 4 is 50.7 Å². The first-order chi connectivity index (χ1) is 14.8. The highest BCUT2D eigenvalue weighted by Crippen LogP contribution is 2.26. The van der Waals surface area contributed by atoms with E-state index in [-0.39, 0.29) is 16.6 Å². The van der Waals surface area contributed by atoms with Crippen LogP contribution in [-0.4, -0.2) is 43.7 Å². The fraction of sp³-hybridized carbons (Fsp3) is 0.238. The van der Waals surface area contributed by atoms with Crippen molar-refractivity contribution in [2.75, 3.05) is 18.0 Å². The molecule has 2 aliphatic heterocycles. The van der Waals surface area contributed by atoms with E-state index in [1.165, 1.54) is 22.5 Å². The maximum atomic E-state index is 12.8. The highest BCUT2D eigenvalue weighted by atomic mass is 35.5. The number of carbonyl (C=O) groups excluding carboxylic acids is 2. The molecule has 0 saturated carbocycles. The number of halogens is 2. The molecule has 0 aliphatic carbocycles. The summed E-state index contributed by atoms with van der Waals surface area (Å²) in [5.41, 5.74) is 0.648. The molecule has 0 spiro atoms. The van der Waals surface area contributed by atoms with Crippen LogP contribution in [0.3, 0.4) is 0 Å². The van der Waals surface area contributed by atoms with Gasteiger partial charge in [0.1, 0.15) is 5.70 Å². The third-order valence-electron chi connectivity index (χ3n) is 5.27. The summed E-state index contributed by atoms with van der Waals surface area (Å²) >= 11 is 11.7. The lowest BCUT2D eigenvalue weighted by atomic mass is 10.1. The summed E-state index contributed by atoms with van der Waals surface area (Å²) in [6, 6.07) is 12.4. The summed E-state index contributed by atoms with van der Waals surface area (Å²) < 4.78 is 27.0. The summed E-state index contributed by atoms with van der Waals surface area (Å²) in [7, 11) is -3.61. The van der Waals surface area contributed by atoms with Crippen LogP contribution in [0.25, 0.3) is 0 Å². The molecule has 4 rings (SSSR count). The number of sulfonamides is 1. The SMILES string of the molecule is O=C1C=C(NC2CCN(S(=O)(=O)c3ccc(Cl)cc3)CC2)C(=O)N1c1ccc(Cl)cc1. The lowest BCUT2D eigenvalue weighted by Gasteiger charge is -2.32. The Morgan fingerprint density at radius 2 is 1.42 bits per heavy atom. The Morgan fingerprint density at radius 1 is 0.871 bits per heavy atom. The summed E-state index contributed by atoms with van der Waals surface area (Å²) in [5.74, 6) is -0.874. The molecule has 2 heterocycles. The lowest BCUT2D eigenvalue weighted by Crippen LogP contribution is -2.45. The number of hydrogen-bond acceptors (Lipinski definition) is 5. The Bertz CT molecular complexity index is 1140. The van der Waals surface area contributed by atoms with Crippen LogP contribution in [0.15, 0.2) is 65.2 Å². The minimum Gasteiger partial charge on any atom is -0.378 e. The molecule has 2 aromatic rings. The predicted octanol–water partition coefficient (Wildman–Crippen LogP) is 3.19. The Labute approximate surface area is 190 Å². The van der Waals surface area contributed by atoms with Crippen LogP contribution >= 0.6 is 23.2 Å². The Hall–Kier alpha value is -2.39. The monoisotopic (exact) mass is 479 g/mol. The summed E-state index contributed by atoms with van der Waals surface area (Å²) in [6.45, 7) is 0.609. The largest absolute Gasteiger partial charge is 0.378 e. The van der Waals surface area contributed by atoms with Gasteiger partial charge in [-0.3, -0.25) is 9.59 Å². The second-order valence-corrected chi connectivity index (χ2v) is 10.1. The molecule has 2 amide bonds. The normalized spacial score (nSPS) is 18.4. The third kappa shape index (κ3) is 4.48. The van der Waals surface area contributed by atoms with E-state index in [2.05, 4.69) is 5.32 Å². The van der Waals surface area contributed by atoms with Crippen LogP contribution in [0.5, 0.6) is 0 Å². The molecular weight excluding hydrogens is 461 g/mol. The van der Waals surface area contributed by atoms with Gasteiger partial charge >= 0.3 is 0 Å². The third-order valence-corrected chi connectivity index (χ3v) is 7.69. The first kappa shape index (κ1) is 21.8. The predicted molar refractivity (Wildman–Crippen MR) is 118 cm³/mol. The van der Waals surface area contributed by atoms with Gasteiger partial charge in [-0.1, -0.05) is 23.2 Å². The number of carbonyl (C=O) groups is 2. The van der Waals surface area contributed by atoms with Gasteiger partial charge in [0.05, 0.1) is 10.6 Å². The van der Waals surface area contributed by atoms with Crippen molar-refractivity contribution < 1.29 is 18.0 Å². The van der Waals surface area contributed by atoms with Gasteiger partial charge in [-0.2, -0.15) is 4.31 Å². The van der Waals surface area contributed by atoms with Crippen LogP contribution < -0.4 is 10.2 Å². The van der Waals surface area contributed by atoms with E-state index in [1.807, 2.05) is 0 Å². The zero-order valence-corrected chi connectivity index (χ0v) is 18.6. The van der Waals surface area contributed by atoms with E-state index in [0.29, 0.717) is 41.7 Å². The fourth-order valence-electron chi connectivity index (χ4n) is 3.62. The number of nitrogens with zero attached hydrogens (tertiary/aromatic N) is 2. The van der Waals surface area contributed by atoms with Crippen LogP contribution in [0.2, 0.25) is 10.0 Å². The van der Waals surface area contributed by atoms with Crippen LogP contribution in [-0.2, 0) is 19.6 Å². The van der Waals surface area contributed by atoms with E-state index >= 15 is 0 Å². The van der Waals surface area contributed by atoms with Crippen molar-refractivity contribution in [2.24, 2.45) is 0 Å². The maximum Gasteiger partial charge on any atom is 0.281 e. The Balaban J connectivity index is 1.38. The molecule has 0 aromatic heterocycles. The molecule has 10 heteroatoms. The van der Waals surface area contributed by atoms with Crippen molar-refractivity contribution in [2.45, 2.75) is 23.8 Å². The highest BCUT2D eigenvalue weighted by Gasteiger charge is 2.35. The number of anilines is 1. The number of hydrogen-bond donors (Lipinski definition) is 1. The van der Waals surface area contributed by atoms with E-state index < -0.39 is 21.8 Å². The minimum atomic E-state index is -3.61. The number of benzene rings is 2. The molecule has 1 saturated heterocycles. The van der Waals surface area contributed by atoms with Crippen molar-refractivity contribution in [3.8, 4) is 0 Å². The average Bonchev–Trinajstić information content (AvgIpc) is 3.02. The number of amides is 2. The first-order valence-electron chi connectivity index (χ1n) is 9.63. The van der Waals surface area contributed by atoms with Gasteiger partial charge in [0.15, 0.2) is 0 Å². The van der Waals surface area contributed by atoms with E-state index in [1.54, 1.807) is 36.4 Å². The molecule has 2 aromatic carbocycles. The fourth-order valence-corrected chi connectivity index (χ4v) is 5.35. The topological polar surface area (TPSA) is 86.8 Å². The van der Waals surface area contributed by atoms with Crippen LogP contribution in [0.1, 0.15) is 12.8 Å². The number of nitrogens with one attached hydrogen (secondary N) is 1. The second kappa shape index (κ2) is 8.63. The van der Waals surface area contributed by atoms with E-state index in [4.69, 9.17) is 23.2 Å². The van der Waals surface area contributed by atoms with Crippen LogP contribution in [0, 0.1) is 0 Å². The highest BCUT2D eigenvalue weighted by molar-refractivity contribution is 7.89. The zero-order chi connectivity index (χ0) is 22.2. The van der Waals surface area contributed by atoms with Crippen LogP contribution in [0.4, 0.5) is 5.69 Å². The number of rotatable bonds is 5. The molecule has 1 N–H and O–H groups in total. The van der Waals surface area contributed by atoms with Gasteiger partial charge in [-0.25, -0.2) is 13.3 Å². The second-order valence-electron chi connectivity index (χ2n) is 7.29. The molecule has 0 atom stereocenters. The first-order valence-corrected chi connectivity index (χ1v) is 11.8. The van der Waals surface area contributed by atoms with Gasteiger partial charge in [-0.15, -0.1) is 0 Å². The van der Waals surface area contributed by atoms with Gasteiger partial charge in [0.25, 0.3) is 11.8 Å². The molecule has 0 unspecified atom stereocenters. The van der Waals surface area contributed by atoms with Crippen molar-refractivity contribution in [1.29, 1.82) is 0 Å². The Morgan fingerprint density at radius 3 is 2.00 bits per heavy atom. The summed E-state index contributed by atoms with van der Waals surface area (Å²) in [4.78, 5) is 26.4. The maximum absolute atomic E-state index is 12.8. The van der Waals surface area contributed by atoms with Crippen molar-refractivity contribution in [3.63, 3.8) is 0 Å². The summed E-state index contributed by atoms with van der Waals surface area (Å²) in [6.07, 6.45) is 2.28. The molecule has 31 heavy (non-hydrogen) atoms. The molecule has 7 nitrogen and oxygen atoms in total. The summed E-state index contributed by atoms with van der Waals surface area (Å²) in [5, 5.41) is 4.09. The van der Waals surface area contributed by atoms with Gasteiger partial charge in [0, 0.05) is 35.3 Å². The lowest BCUT2D eigenvalue weighted by molar-refractivity contribution is -0.120. The minimum absolute atomic E-state index is 0.121. The molecule has 1 fully saturated rings. The molecule has 0 bridgehead atoms. The molecule has 162 valence electrons. The number of imide groups is 1. The van der Waals surface area contributed by atoms with Gasteiger partial charge in [0.2, 0.25) is 10.0 Å². The molecular formula is C21H19Cl2N3O4S. The standard InChI is InChI=1S/C21H19Cl2N3O4S/c22-14-1-5-17(6-2-14)26-20(27)13-19(21(26)28)24-16-9-11-25(12-10-16)31(29,30)18-7-3-15(23)4-8-18/h1-8,13,16,24H,9-12H2.